The lowest BCUT2D eigenvalue weighted by molar-refractivity contribution is 0.215. The zero-order valence-electron chi connectivity index (χ0n) is 6.57. The van der Waals surface area contributed by atoms with Gasteiger partial charge in [0.1, 0.15) is 11.1 Å². The van der Waals surface area contributed by atoms with E-state index in [1.54, 1.807) is 12.4 Å². The van der Waals surface area contributed by atoms with Gasteiger partial charge in [-0.05, 0) is 34.7 Å². The van der Waals surface area contributed by atoms with Gasteiger partial charge < -0.3 is 10.1 Å². The van der Waals surface area contributed by atoms with Gasteiger partial charge in [-0.25, -0.2) is 4.98 Å². The van der Waals surface area contributed by atoms with Crippen LogP contribution in [-0.2, 0) is 0 Å². The molecular formula is C8H7IN2OS. The van der Waals surface area contributed by atoms with E-state index in [4.69, 9.17) is 0 Å². The summed E-state index contributed by atoms with van der Waals surface area (Å²) < 4.78 is 1.08. The third kappa shape index (κ3) is 1.92. The van der Waals surface area contributed by atoms with Crippen LogP contribution >= 0.6 is 33.9 Å². The van der Waals surface area contributed by atoms with Crippen molar-refractivity contribution in [2.45, 2.75) is 6.10 Å². The predicted molar refractivity (Wildman–Crippen MR) is 59.7 cm³/mol. The molecule has 2 rings (SSSR count). The molecule has 0 fully saturated rings. The van der Waals surface area contributed by atoms with E-state index in [1.165, 1.54) is 11.3 Å². The highest BCUT2D eigenvalue weighted by Gasteiger charge is 2.14. The molecule has 68 valence electrons. The fourth-order valence-corrected chi connectivity index (χ4v) is 2.51. The number of hydrogen-bond acceptors (Lipinski definition) is 3. The monoisotopic (exact) mass is 306 g/mol. The minimum absolute atomic E-state index is 0.622. The largest absolute Gasteiger partial charge is 0.380 e. The van der Waals surface area contributed by atoms with Crippen molar-refractivity contribution in [1.29, 1.82) is 0 Å². The van der Waals surface area contributed by atoms with Crippen LogP contribution in [-0.4, -0.2) is 15.1 Å². The molecule has 0 aliphatic rings. The summed E-state index contributed by atoms with van der Waals surface area (Å²) in [6.07, 6.45) is 2.92. The van der Waals surface area contributed by atoms with Crippen LogP contribution in [0.4, 0.5) is 0 Å². The lowest BCUT2D eigenvalue weighted by atomic mass is 10.3. The molecule has 0 saturated heterocycles. The van der Waals surface area contributed by atoms with E-state index < -0.39 is 6.10 Å². The Hall–Kier alpha value is -0.400. The summed E-state index contributed by atoms with van der Waals surface area (Å²) >= 11 is 3.69. The highest BCUT2D eigenvalue weighted by Crippen LogP contribution is 2.25. The van der Waals surface area contributed by atoms with Gasteiger partial charge in [0.25, 0.3) is 0 Å². The molecule has 2 heterocycles. The number of H-pyrrole nitrogens is 1. The number of nitrogens with zero attached hydrogens (tertiary/aromatic N) is 1. The number of halogens is 1. The smallest absolute Gasteiger partial charge is 0.145 e. The van der Waals surface area contributed by atoms with Crippen LogP contribution in [0.2, 0.25) is 0 Å². The maximum atomic E-state index is 9.81. The van der Waals surface area contributed by atoms with E-state index in [1.807, 2.05) is 12.1 Å². The fraction of sp³-hybridized carbons (Fsp3) is 0.125. The van der Waals surface area contributed by atoms with Gasteiger partial charge in [0.15, 0.2) is 0 Å². The van der Waals surface area contributed by atoms with E-state index in [9.17, 15) is 5.11 Å². The van der Waals surface area contributed by atoms with Gasteiger partial charge in [0.2, 0.25) is 0 Å². The molecule has 0 aliphatic carbocycles. The van der Waals surface area contributed by atoms with Crippen LogP contribution in [0.1, 0.15) is 16.8 Å². The molecule has 0 aromatic carbocycles. The Morgan fingerprint density at radius 1 is 1.62 bits per heavy atom. The number of aliphatic hydroxyl groups is 1. The number of aliphatic hydroxyl groups excluding tert-OH is 1. The number of hydrogen-bond donors (Lipinski definition) is 2. The van der Waals surface area contributed by atoms with Crippen LogP contribution < -0.4 is 0 Å². The Morgan fingerprint density at radius 2 is 2.46 bits per heavy atom. The van der Waals surface area contributed by atoms with E-state index in [0.29, 0.717) is 0 Å². The minimum atomic E-state index is -0.622. The molecule has 2 aromatic rings. The van der Waals surface area contributed by atoms with Crippen LogP contribution in [0.15, 0.2) is 24.5 Å². The number of aromatic amines is 1. The molecule has 0 aliphatic heterocycles. The van der Waals surface area contributed by atoms with E-state index in [2.05, 4.69) is 32.6 Å². The van der Waals surface area contributed by atoms with E-state index in [-0.39, 0.29) is 0 Å². The second kappa shape index (κ2) is 3.77. The normalized spacial score (nSPS) is 13.1. The maximum absolute atomic E-state index is 9.81. The first-order chi connectivity index (χ1) is 6.27. The first-order valence-corrected chi connectivity index (χ1v) is 5.59. The van der Waals surface area contributed by atoms with Gasteiger partial charge in [0.05, 0.1) is 14.8 Å². The number of thiazole rings is 1. The highest BCUT2D eigenvalue weighted by atomic mass is 127. The van der Waals surface area contributed by atoms with Crippen LogP contribution in [0.25, 0.3) is 0 Å². The van der Waals surface area contributed by atoms with Gasteiger partial charge in [0, 0.05) is 6.20 Å². The standard InChI is InChI=1S/C8H7IN2OS/c9-6-4-11-8(13-6)7(12)5-2-1-3-10-5/h1-4,7,10,12H. The van der Waals surface area contributed by atoms with Crippen molar-refractivity contribution < 1.29 is 5.11 Å². The van der Waals surface area contributed by atoms with Crippen molar-refractivity contribution in [3.05, 3.63) is 38.1 Å². The Morgan fingerprint density at radius 3 is 3.00 bits per heavy atom. The summed E-state index contributed by atoms with van der Waals surface area (Å²) in [7, 11) is 0. The summed E-state index contributed by atoms with van der Waals surface area (Å²) in [5.41, 5.74) is 0.783. The molecule has 1 unspecified atom stereocenters. The SMILES string of the molecule is OC(c1ccc[nH]1)c1ncc(I)s1. The Labute approximate surface area is 93.0 Å². The van der Waals surface area contributed by atoms with Gasteiger partial charge in [-0.2, -0.15) is 0 Å². The van der Waals surface area contributed by atoms with Gasteiger partial charge >= 0.3 is 0 Å². The number of aromatic nitrogens is 2. The Kier molecular flexibility index (Phi) is 2.66. The molecule has 0 bridgehead atoms. The Balaban J connectivity index is 2.28. The van der Waals surface area contributed by atoms with E-state index >= 15 is 0 Å². The van der Waals surface area contributed by atoms with Gasteiger partial charge in [-0.15, -0.1) is 11.3 Å². The molecule has 0 amide bonds. The van der Waals surface area contributed by atoms with Crippen LogP contribution in [0, 0.1) is 2.88 Å². The molecule has 2 aromatic heterocycles. The zero-order valence-corrected chi connectivity index (χ0v) is 9.54. The number of rotatable bonds is 2. The average molecular weight is 306 g/mol. The second-order valence-corrected chi connectivity index (χ2v) is 5.49. The molecule has 3 nitrogen and oxygen atoms in total. The lowest BCUT2D eigenvalue weighted by Crippen LogP contribution is -1.98. The van der Waals surface area contributed by atoms with E-state index in [0.717, 1.165) is 13.6 Å². The molecular weight excluding hydrogens is 299 g/mol. The van der Waals surface area contributed by atoms with Gasteiger partial charge in [-0.3, -0.25) is 0 Å². The predicted octanol–water partition coefficient (Wildman–Crippen LogP) is 2.16. The molecule has 0 saturated carbocycles. The molecule has 13 heavy (non-hydrogen) atoms. The average Bonchev–Trinajstić information content (AvgIpc) is 2.72. The van der Waals surface area contributed by atoms with Gasteiger partial charge in [-0.1, -0.05) is 0 Å². The van der Waals surface area contributed by atoms with Crippen molar-refractivity contribution in [2.24, 2.45) is 0 Å². The molecule has 5 heteroatoms. The maximum Gasteiger partial charge on any atom is 0.145 e. The Bertz CT molecular complexity index is 385. The first-order valence-electron chi connectivity index (χ1n) is 3.70. The van der Waals surface area contributed by atoms with Crippen molar-refractivity contribution in [1.82, 2.24) is 9.97 Å². The summed E-state index contributed by atoms with van der Waals surface area (Å²) in [5, 5.41) is 10.5. The molecule has 2 N–H and O–H groups in total. The first kappa shape index (κ1) is 9.17. The third-order valence-electron chi connectivity index (χ3n) is 1.65. The quantitative estimate of drug-likeness (QED) is 0.835. The zero-order chi connectivity index (χ0) is 9.26. The van der Waals surface area contributed by atoms with Crippen molar-refractivity contribution in [3.8, 4) is 0 Å². The topological polar surface area (TPSA) is 48.9 Å². The number of nitrogens with one attached hydrogen (secondary N) is 1. The third-order valence-corrected chi connectivity index (χ3v) is 3.42. The lowest BCUT2D eigenvalue weighted by Gasteiger charge is -2.03. The fourth-order valence-electron chi connectivity index (χ4n) is 1.04. The summed E-state index contributed by atoms with van der Waals surface area (Å²) in [4.78, 5) is 7.07. The molecule has 0 radical (unpaired) electrons. The van der Waals surface area contributed by atoms with Crippen LogP contribution in [0.5, 0.6) is 0 Å². The van der Waals surface area contributed by atoms with Crippen LogP contribution in [0.3, 0.4) is 0 Å². The van der Waals surface area contributed by atoms with Crippen molar-refractivity contribution in [3.63, 3.8) is 0 Å². The molecule has 1 atom stereocenters. The van der Waals surface area contributed by atoms with Crippen molar-refractivity contribution >= 4 is 33.9 Å². The summed E-state index contributed by atoms with van der Waals surface area (Å²) in [5.74, 6) is 0. The summed E-state index contributed by atoms with van der Waals surface area (Å²) in [6.45, 7) is 0. The second-order valence-electron chi connectivity index (χ2n) is 2.53. The molecule has 0 spiro atoms. The van der Waals surface area contributed by atoms with Crippen molar-refractivity contribution in [2.75, 3.05) is 0 Å². The highest BCUT2D eigenvalue weighted by molar-refractivity contribution is 14.1. The summed E-state index contributed by atoms with van der Waals surface area (Å²) in [6, 6.07) is 3.70. The minimum Gasteiger partial charge on any atom is -0.380 e.